The summed E-state index contributed by atoms with van der Waals surface area (Å²) in [4.78, 5) is 51.2. The molecule has 0 spiro atoms. The Hall–Kier alpha value is -3.41. The van der Waals surface area contributed by atoms with Crippen LogP contribution in [0.2, 0.25) is 0 Å². The lowest BCUT2D eigenvalue weighted by atomic mass is 10.1. The largest absolute Gasteiger partial charge is 0.478 e. The van der Waals surface area contributed by atoms with E-state index in [1.54, 1.807) is 24.4 Å². The fourth-order valence-corrected chi connectivity index (χ4v) is 3.87. The number of nitrogens with zero attached hydrogens (tertiary/aromatic N) is 2. The van der Waals surface area contributed by atoms with Crippen molar-refractivity contribution >= 4 is 40.8 Å². The number of carbonyl (C=O) groups is 4. The molecule has 0 unspecified atom stereocenters. The number of carboxylic acids is 2. The Kier molecular flexibility index (Phi) is 12.3. The van der Waals surface area contributed by atoms with Crippen LogP contribution in [-0.4, -0.2) is 76.6 Å². The standard InChI is InChI=1S/C20H25N3O3S.C4H4O4/c24-18(8-2-1-3-10-23-11-13-26-14-12-23)22-20-16(6-4-9-21-20)19(25)17-7-5-15-27-17;5-3(6)1-2-4(7)8/h4-7,9,15H,1-3,8,10-14H2,(H,21,22,24);1-2H,(H,5,6)(H,7,8). The van der Waals surface area contributed by atoms with Crippen molar-refractivity contribution < 1.29 is 34.1 Å². The van der Waals surface area contributed by atoms with E-state index in [-0.39, 0.29) is 11.7 Å². The van der Waals surface area contributed by atoms with E-state index in [2.05, 4.69) is 15.2 Å². The van der Waals surface area contributed by atoms with Crippen molar-refractivity contribution in [2.45, 2.75) is 25.7 Å². The van der Waals surface area contributed by atoms with E-state index in [9.17, 15) is 19.2 Å². The van der Waals surface area contributed by atoms with E-state index in [1.807, 2.05) is 11.4 Å². The maximum Gasteiger partial charge on any atom is 0.328 e. The van der Waals surface area contributed by atoms with Gasteiger partial charge in [0.1, 0.15) is 5.82 Å². The predicted octanol–water partition coefficient (Wildman–Crippen LogP) is 2.92. The van der Waals surface area contributed by atoms with Crippen LogP contribution in [0.15, 0.2) is 48.0 Å². The molecule has 3 N–H and O–H groups in total. The number of unbranched alkanes of at least 4 members (excludes halogenated alkanes) is 2. The summed E-state index contributed by atoms with van der Waals surface area (Å²) in [5.41, 5.74) is 0.431. The van der Waals surface area contributed by atoms with Gasteiger partial charge >= 0.3 is 11.9 Å². The van der Waals surface area contributed by atoms with Crippen molar-refractivity contribution in [1.29, 1.82) is 0 Å². The Morgan fingerprint density at radius 1 is 1.03 bits per heavy atom. The number of hydrogen-bond acceptors (Lipinski definition) is 8. The van der Waals surface area contributed by atoms with Gasteiger partial charge in [0.15, 0.2) is 0 Å². The van der Waals surface area contributed by atoms with Gasteiger partial charge in [-0.05, 0) is 43.0 Å². The van der Waals surface area contributed by atoms with Crippen LogP contribution in [-0.2, 0) is 19.1 Å². The molecule has 0 aliphatic carbocycles. The van der Waals surface area contributed by atoms with Gasteiger partial charge < -0.3 is 20.3 Å². The summed E-state index contributed by atoms with van der Waals surface area (Å²) in [5.74, 6) is -2.38. The first-order chi connectivity index (χ1) is 16.9. The minimum absolute atomic E-state index is 0.0969. The number of ketones is 1. The molecule has 2 aromatic heterocycles. The Morgan fingerprint density at radius 2 is 1.74 bits per heavy atom. The molecule has 3 rings (SSSR count). The average molecular weight is 504 g/mol. The highest BCUT2D eigenvalue weighted by Crippen LogP contribution is 2.20. The van der Waals surface area contributed by atoms with Crippen LogP contribution in [0.1, 0.15) is 40.9 Å². The molecule has 0 saturated carbocycles. The van der Waals surface area contributed by atoms with Crippen LogP contribution in [0.3, 0.4) is 0 Å². The van der Waals surface area contributed by atoms with Crippen molar-refractivity contribution in [3.8, 4) is 0 Å². The number of carboxylic acid groups (broad SMARTS) is 2. The molecule has 11 heteroatoms. The van der Waals surface area contributed by atoms with Gasteiger partial charge in [0.2, 0.25) is 11.7 Å². The molecule has 0 radical (unpaired) electrons. The summed E-state index contributed by atoms with van der Waals surface area (Å²) in [5, 5.41) is 20.3. The zero-order valence-corrected chi connectivity index (χ0v) is 20.0. The summed E-state index contributed by atoms with van der Waals surface area (Å²) in [6.45, 7) is 4.70. The summed E-state index contributed by atoms with van der Waals surface area (Å²) in [6, 6.07) is 7.03. The second-order valence-corrected chi connectivity index (χ2v) is 8.48. The third-order valence-electron chi connectivity index (χ3n) is 4.91. The van der Waals surface area contributed by atoms with Crippen molar-refractivity contribution in [1.82, 2.24) is 9.88 Å². The van der Waals surface area contributed by atoms with Gasteiger partial charge in [-0.2, -0.15) is 0 Å². The normalized spacial score (nSPS) is 13.6. The van der Waals surface area contributed by atoms with E-state index in [0.717, 1.165) is 52.1 Å². The third kappa shape index (κ3) is 11.0. The Labute approximate surface area is 207 Å². The number of ether oxygens (including phenoxy) is 1. The van der Waals surface area contributed by atoms with E-state index in [0.29, 0.717) is 34.8 Å². The Bertz CT molecular complexity index is 986. The van der Waals surface area contributed by atoms with Crippen molar-refractivity contribution in [2.24, 2.45) is 0 Å². The third-order valence-corrected chi connectivity index (χ3v) is 5.77. The lowest BCUT2D eigenvalue weighted by molar-refractivity contribution is -0.134. The minimum Gasteiger partial charge on any atom is -0.478 e. The zero-order chi connectivity index (χ0) is 25.5. The summed E-state index contributed by atoms with van der Waals surface area (Å²) in [6.07, 6.45) is 6.06. The quantitative estimate of drug-likeness (QED) is 0.239. The number of nitrogens with one attached hydrogen (secondary N) is 1. The highest BCUT2D eigenvalue weighted by molar-refractivity contribution is 7.12. The maximum atomic E-state index is 12.6. The SMILES string of the molecule is O=C(CCCCCN1CCOCC1)Nc1ncccc1C(=O)c1cccs1.O=C(O)C=CC(=O)O. The van der Waals surface area contributed by atoms with Crippen LogP contribution in [0.25, 0.3) is 0 Å². The van der Waals surface area contributed by atoms with Crippen LogP contribution in [0.5, 0.6) is 0 Å². The van der Waals surface area contributed by atoms with Crippen molar-refractivity contribution in [2.75, 3.05) is 38.2 Å². The van der Waals surface area contributed by atoms with Crippen LogP contribution < -0.4 is 5.32 Å². The van der Waals surface area contributed by atoms with Crippen LogP contribution in [0, 0.1) is 0 Å². The molecule has 1 amide bonds. The average Bonchev–Trinajstić information content (AvgIpc) is 3.39. The molecule has 1 fully saturated rings. The number of rotatable bonds is 11. The molecule has 3 heterocycles. The molecule has 0 bridgehead atoms. The molecule has 1 aliphatic rings. The number of morpholine rings is 1. The van der Waals surface area contributed by atoms with Gasteiger partial charge in [0.25, 0.3) is 0 Å². The number of aliphatic carboxylic acids is 2. The molecule has 35 heavy (non-hydrogen) atoms. The lowest BCUT2D eigenvalue weighted by Crippen LogP contribution is -2.36. The molecule has 1 aliphatic heterocycles. The van der Waals surface area contributed by atoms with Crippen molar-refractivity contribution in [3.05, 3.63) is 58.4 Å². The predicted molar refractivity (Wildman–Crippen MR) is 131 cm³/mol. The molecular weight excluding hydrogens is 474 g/mol. The number of amides is 1. The van der Waals surface area contributed by atoms with Crippen LogP contribution >= 0.6 is 11.3 Å². The second-order valence-electron chi connectivity index (χ2n) is 7.53. The van der Waals surface area contributed by atoms with Crippen LogP contribution in [0.4, 0.5) is 5.82 Å². The van der Waals surface area contributed by atoms with Gasteiger partial charge in [-0.3, -0.25) is 14.5 Å². The highest BCUT2D eigenvalue weighted by atomic mass is 32.1. The van der Waals surface area contributed by atoms with Gasteiger partial charge in [-0.15, -0.1) is 11.3 Å². The molecule has 0 atom stereocenters. The molecular formula is C24H29N3O7S. The number of carbonyl (C=O) groups excluding carboxylic acids is 2. The molecule has 10 nitrogen and oxygen atoms in total. The first-order valence-electron chi connectivity index (χ1n) is 11.1. The summed E-state index contributed by atoms with van der Waals surface area (Å²) in [7, 11) is 0. The minimum atomic E-state index is -1.26. The topological polar surface area (TPSA) is 146 Å². The molecule has 1 saturated heterocycles. The monoisotopic (exact) mass is 503 g/mol. The van der Waals surface area contributed by atoms with Crippen molar-refractivity contribution in [3.63, 3.8) is 0 Å². The number of anilines is 1. The van der Waals surface area contributed by atoms with E-state index < -0.39 is 11.9 Å². The van der Waals surface area contributed by atoms with Gasteiger partial charge in [0, 0.05) is 37.9 Å². The van der Waals surface area contributed by atoms with Gasteiger partial charge in [-0.1, -0.05) is 12.5 Å². The van der Waals surface area contributed by atoms with E-state index >= 15 is 0 Å². The first kappa shape index (κ1) is 27.8. The summed E-state index contributed by atoms with van der Waals surface area (Å²) >= 11 is 1.38. The fraction of sp³-hybridized carbons (Fsp3) is 0.375. The number of hydrogen-bond donors (Lipinski definition) is 3. The smallest absolute Gasteiger partial charge is 0.328 e. The van der Waals surface area contributed by atoms with Gasteiger partial charge in [-0.25, -0.2) is 14.6 Å². The Morgan fingerprint density at radius 3 is 2.37 bits per heavy atom. The summed E-state index contributed by atoms with van der Waals surface area (Å²) < 4.78 is 5.34. The second kappa shape index (κ2) is 15.5. The van der Waals surface area contributed by atoms with Gasteiger partial charge in [0.05, 0.1) is 23.7 Å². The molecule has 2 aromatic rings. The number of aromatic nitrogens is 1. The lowest BCUT2D eigenvalue weighted by Gasteiger charge is -2.26. The molecule has 0 aromatic carbocycles. The molecule has 188 valence electrons. The number of thiophene rings is 1. The zero-order valence-electron chi connectivity index (χ0n) is 19.2. The maximum absolute atomic E-state index is 12.6. The number of pyridine rings is 1. The fourth-order valence-electron chi connectivity index (χ4n) is 3.19. The first-order valence-corrected chi connectivity index (χ1v) is 12.0. The van der Waals surface area contributed by atoms with E-state index in [4.69, 9.17) is 14.9 Å². The van der Waals surface area contributed by atoms with E-state index in [1.165, 1.54) is 11.3 Å². The highest BCUT2D eigenvalue weighted by Gasteiger charge is 2.17. The Balaban J connectivity index is 0.000000466.